The van der Waals surface area contributed by atoms with Gasteiger partial charge in [0.2, 0.25) is 0 Å². The lowest BCUT2D eigenvalue weighted by Crippen LogP contribution is -2.27. The lowest BCUT2D eigenvalue weighted by atomic mass is 10.2. The number of carbonyl (C=O) groups is 1. The topological polar surface area (TPSA) is 70.2 Å². The van der Waals surface area contributed by atoms with Gasteiger partial charge in [0.1, 0.15) is 0 Å². The second-order valence-corrected chi connectivity index (χ2v) is 4.79. The summed E-state index contributed by atoms with van der Waals surface area (Å²) in [7, 11) is 0. The van der Waals surface area contributed by atoms with Crippen LogP contribution in [0.15, 0.2) is 29.6 Å². The quantitative estimate of drug-likeness (QED) is 0.890. The molecule has 0 saturated carbocycles. The van der Waals surface area contributed by atoms with Gasteiger partial charge in [-0.05, 0) is 29.7 Å². The maximum Gasteiger partial charge on any atom is 0.321 e. The molecule has 0 bridgehead atoms. The molecule has 98 valence electrons. The van der Waals surface area contributed by atoms with Crippen molar-refractivity contribution in [1.82, 2.24) is 14.9 Å². The van der Waals surface area contributed by atoms with E-state index in [-0.39, 0.29) is 6.03 Å². The minimum atomic E-state index is -0.0409. The molecule has 0 unspecified atom stereocenters. The molecule has 1 fully saturated rings. The zero-order valence-electron chi connectivity index (χ0n) is 10.2. The summed E-state index contributed by atoms with van der Waals surface area (Å²) in [5.41, 5.74) is 2.77. The molecule has 7 heteroatoms. The molecule has 0 atom stereocenters. The molecule has 6 nitrogen and oxygen atoms in total. The first kappa shape index (κ1) is 11.9. The number of anilines is 2. The van der Waals surface area contributed by atoms with Crippen LogP contribution >= 0.6 is 11.5 Å². The Labute approximate surface area is 114 Å². The Hall–Kier alpha value is -2.15. The fraction of sp³-hybridized carbons (Fsp3) is 0.250. The van der Waals surface area contributed by atoms with Crippen molar-refractivity contribution in [1.29, 1.82) is 0 Å². The summed E-state index contributed by atoms with van der Waals surface area (Å²) in [6, 6.07) is 7.76. The summed E-state index contributed by atoms with van der Waals surface area (Å²) in [5.74, 6) is 0. The van der Waals surface area contributed by atoms with Crippen molar-refractivity contribution in [3.05, 3.63) is 35.3 Å². The zero-order chi connectivity index (χ0) is 13.1. The molecule has 2 aromatic rings. The van der Waals surface area contributed by atoms with Gasteiger partial charge in [-0.15, -0.1) is 5.10 Å². The number of amides is 2. The first-order valence-electron chi connectivity index (χ1n) is 5.98. The van der Waals surface area contributed by atoms with Gasteiger partial charge in [0.25, 0.3) is 0 Å². The summed E-state index contributed by atoms with van der Waals surface area (Å²) < 4.78 is 3.82. The van der Waals surface area contributed by atoms with Crippen LogP contribution in [0, 0.1) is 0 Å². The average molecular weight is 275 g/mol. The lowest BCUT2D eigenvalue weighted by molar-refractivity contribution is 0.252. The highest BCUT2D eigenvalue weighted by Gasteiger charge is 2.20. The number of hydrogen-bond acceptors (Lipinski definition) is 5. The van der Waals surface area contributed by atoms with Gasteiger partial charge in [-0.1, -0.05) is 10.6 Å². The molecule has 1 saturated heterocycles. The van der Waals surface area contributed by atoms with E-state index in [1.165, 1.54) is 11.5 Å². The van der Waals surface area contributed by atoms with E-state index in [1.807, 2.05) is 29.6 Å². The zero-order valence-corrected chi connectivity index (χ0v) is 11.0. The van der Waals surface area contributed by atoms with Gasteiger partial charge in [-0.25, -0.2) is 4.79 Å². The summed E-state index contributed by atoms with van der Waals surface area (Å²) in [4.78, 5) is 13.3. The third kappa shape index (κ3) is 2.65. The average Bonchev–Trinajstić information content (AvgIpc) is 3.08. The van der Waals surface area contributed by atoms with E-state index >= 15 is 0 Å². The number of carbonyl (C=O) groups excluding carboxylic acids is 1. The third-order valence-corrected chi connectivity index (χ3v) is 3.45. The van der Waals surface area contributed by atoms with E-state index in [0.717, 1.165) is 17.1 Å². The maximum absolute atomic E-state index is 11.6. The number of benzene rings is 1. The fourth-order valence-corrected chi connectivity index (χ4v) is 2.41. The van der Waals surface area contributed by atoms with Gasteiger partial charge in [0.05, 0.1) is 12.2 Å². The summed E-state index contributed by atoms with van der Waals surface area (Å²) in [5, 5.41) is 11.9. The van der Waals surface area contributed by atoms with Crippen molar-refractivity contribution in [3.63, 3.8) is 0 Å². The van der Waals surface area contributed by atoms with Gasteiger partial charge in [-0.3, -0.25) is 4.90 Å². The van der Waals surface area contributed by atoms with Crippen LogP contribution in [0.4, 0.5) is 16.2 Å². The standard InChI is InChI=1S/C12H13N5OS/c18-12-13-4-5-17(12)11-3-1-2-9(6-11)14-7-10-8-19-16-15-10/h1-3,6,8,14H,4-5,7H2,(H,13,18). The van der Waals surface area contributed by atoms with Crippen molar-refractivity contribution in [2.75, 3.05) is 23.3 Å². The van der Waals surface area contributed by atoms with Crippen LogP contribution in [-0.2, 0) is 6.54 Å². The molecule has 1 aromatic heterocycles. The molecular formula is C12H13N5OS. The van der Waals surface area contributed by atoms with Crippen molar-refractivity contribution in [3.8, 4) is 0 Å². The Balaban J connectivity index is 1.71. The number of hydrogen-bond donors (Lipinski definition) is 2. The van der Waals surface area contributed by atoms with Crippen molar-refractivity contribution in [2.24, 2.45) is 0 Å². The molecule has 1 aliphatic heterocycles. The molecule has 1 aromatic carbocycles. The molecule has 0 radical (unpaired) electrons. The van der Waals surface area contributed by atoms with Crippen molar-refractivity contribution >= 4 is 28.9 Å². The third-order valence-electron chi connectivity index (χ3n) is 2.89. The Morgan fingerprint density at radius 1 is 1.47 bits per heavy atom. The van der Waals surface area contributed by atoms with E-state index in [1.54, 1.807) is 4.90 Å². The Morgan fingerprint density at radius 2 is 2.42 bits per heavy atom. The smallest absolute Gasteiger partial charge is 0.321 e. The molecule has 3 rings (SSSR count). The second kappa shape index (κ2) is 5.23. The molecule has 1 aliphatic rings. The van der Waals surface area contributed by atoms with E-state index < -0.39 is 0 Å². The molecule has 2 heterocycles. The van der Waals surface area contributed by atoms with Crippen LogP contribution < -0.4 is 15.5 Å². The number of urea groups is 1. The first-order valence-corrected chi connectivity index (χ1v) is 6.82. The number of aromatic nitrogens is 2. The van der Waals surface area contributed by atoms with Crippen LogP contribution in [-0.4, -0.2) is 28.7 Å². The highest BCUT2D eigenvalue weighted by atomic mass is 32.1. The van der Waals surface area contributed by atoms with E-state index in [2.05, 4.69) is 20.2 Å². The van der Waals surface area contributed by atoms with Crippen LogP contribution in [0.5, 0.6) is 0 Å². The normalized spacial score (nSPS) is 14.5. The molecule has 19 heavy (non-hydrogen) atoms. The van der Waals surface area contributed by atoms with Crippen LogP contribution in [0.3, 0.4) is 0 Å². The highest BCUT2D eigenvalue weighted by Crippen LogP contribution is 2.21. The van der Waals surface area contributed by atoms with Gasteiger partial charge < -0.3 is 10.6 Å². The van der Waals surface area contributed by atoms with E-state index in [0.29, 0.717) is 19.6 Å². The second-order valence-electron chi connectivity index (χ2n) is 4.18. The minimum Gasteiger partial charge on any atom is -0.379 e. The van der Waals surface area contributed by atoms with Crippen molar-refractivity contribution in [2.45, 2.75) is 6.54 Å². The van der Waals surface area contributed by atoms with Crippen molar-refractivity contribution < 1.29 is 4.79 Å². The SMILES string of the molecule is O=C1NCCN1c1cccc(NCc2csnn2)c1. The molecule has 0 aliphatic carbocycles. The monoisotopic (exact) mass is 275 g/mol. The van der Waals surface area contributed by atoms with Crippen LogP contribution in [0.1, 0.15) is 5.69 Å². The van der Waals surface area contributed by atoms with Gasteiger partial charge >= 0.3 is 6.03 Å². The van der Waals surface area contributed by atoms with E-state index in [9.17, 15) is 4.79 Å². The first-order chi connectivity index (χ1) is 9.33. The minimum absolute atomic E-state index is 0.0409. The Kier molecular flexibility index (Phi) is 3.28. The lowest BCUT2D eigenvalue weighted by Gasteiger charge is -2.15. The van der Waals surface area contributed by atoms with Gasteiger partial charge in [0.15, 0.2) is 0 Å². The fourth-order valence-electron chi connectivity index (χ4n) is 1.96. The van der Waals surface area contributed by atoms with Gasteiger partial charge in [-0.2, -0.15) is 0 Å². The number of rotatable bonds is 4. The summed E-state index contributed by atoms with van der Waals surface area (Å²) >= 11 is 1.34. The number of nitrogens with zero attached hydrogens (tertiary/aromatic N) is 3. The molecule has 2 N–H and O–H groups in total. The molecular weight excluding hydrogens is 262 g/mol. The summed E-state index contributed by atoms with van der Waals surface area (Å²) in [6.45, 7) is 2.03. The predicted octanol–water partition coefficient (Wildman–Crippen LogP) is 1.68. The van der Waals surface area contributed by atoms with Gasteiger partial charge in [0, 0.05) is 29.8 Å². The highest BCUT2D eigenvalue weighted by molar-refractivity contribution is 7.03. The maximum atomic E-state index is 11.6. The van der Waals surface area contributed by atoms with E-state index in [4.69, 9.17) is 0 Å². The molecule has 2 amide bonds. The number of nitrogens with one attached hydrogen (secondary N) is 2. The Bertz CT molecular complexity index is 571. The van der Waals surface area contributed by atoms with Crippen LogP contribution in [0.25, 0.3) is 0 Å². The summed E-state index contributed by atoms with van der Waals surface area (Å²) in [6.07, 6.45) is 0. The predicted molar refractivity (Wildman–Crippen MR) is 74.4 cm³/mol. The largest absolute Gasteiger partial charge is 0.379 e. The Morgan fingerprint density at radius 3 is 3.16 bits per heavy atom. The molecule has 0 spiro atoms. The van der Waals surface area contributed by atoms with Crippen LogP contribution in [0.2, 0.25) is 0 Å².